The van der Waals surface area contributed by atoms with Crippen molar-refractivity contribution in [1.82, 2.24) is 5.32 Å². The monoisotopic (exact) mass is 461 g/mol. The Morgan fingerprint density at radius 3 is 2.28 bits per heavy atom. The van der Waals surface area contributed by atoms with Crippen LogP contribution in [-0.2, 0) is 30.4 Å². The maximum Gasteiger partial charge on any atom is 0.408 e. The molecule has 0 aliphatic rings. The molecule has 0 saturated carbocycles. The molecular formula is C24H31NO6S. The molecule has 2 rings (SSSR count). The summed E-state index contributed by atoms with van der Waals surface area (Å²) in [5.74, 6) is 0. The molecule has 0 aromatic heterocycles. The number of aryl methyl sites for hydroxylation is 1. The molecular weight excluding hydrogens is 430 g/mol. The van der Waals surface area contributed by atoms with E-state index in [-0.39, 0.29) is 18.1 Å². The van der Waals surface area contributed by atoms with Gasteiger partial charge in [-0.1, -0.05) is 54.1 Å². The lowest BCUT2D eigenvalue weighted by Gasteiger charge is -2.27. The van der Waals surface area contributed by atoms with E-state index in [4.69, 9.17) is 13.7 Å². The average Bonchev–Trinajstić information content (AvgIpc) is 2.72. The van der Waals surface area contributed by atoms with Crippen molar-refractivity contribution in [2.75, 3.05) is 6.61 Å². The van der Waals surface area contributed by atoms with Gasteiger partial charge in [0.05, 0.1) is 30.3 Å². The first-order chi connectivity index (χ1) is 15.0. The van der Waals surface area contributed by atoms with Gasteiger partial charge in [0.1, 0.15) is 5.60 Å². The molecule has 0 saturated heterocycles. The first-order valence-electron chi connectivity index (χ1n) is 10.2. The second-order valence-corrected chi connectivity index (χ2v) is 9.92. The lowest BCUT2D eigenvalue weighted by Crippen LogP contribution is -2.48. The molecule has 0 bridgehead atoms. The lowest BCUT2D eigenvalue weighted by atomic mass is 10.1. The van der Waals surface area contributed by atoms with Crippen molar-refractivity contribution in [1.29, 1.82) is 0 Å². The van der Waals surface area contributed by atoms with Gasteiger partial charge < -0.3 is 14.8 Å². The molecule has 0 aliphatic heterocycles. The second-order valence-electron chi connectivity index (χ2n) is 8.30. The van der Waals surface area contributed by atoms with Gasteiger partial charge in [-0.25, -0.2) is 4.79 Å². The van der Waals surface area contributed by atoms with Crippen molar-refractivity contribution in [2.24, 2.45) is 0 Å². The molecule has 174 valence electrons. The fourth-order valence-corrected chi connectivity index (χ4v) is 3.66. The summed E-state index contributed by atoms with van der Waals surface area (Å²) in [6.07, 6.45) is 0.0530. The molecule has 0 aliphatic carbocycles. The van der Waals surface area contributed by atoms with Gasteiger partial charge in [-0.2, -0.15) is 8.42 Å². The molecule has 7 nitrogen and oxygen atoms in total. The van der Waals surface area contributed by atoms with Crippen LogP contribution in [0.15, 0.2) is 72.1 Å². The van der Waals surface area contributed by atoms with Crippen LogP contribution >= 0.6 is 0 Å². The van der Waals surface area contributed by atoms with Crippen molar-refractivity contribution in [3.05, 3.63) is 78.4 Å². The van der Waals surface area contributed by atoms with Gasteiger partial charge in [-0.05, 0) is 45.4 Å². The van der Waals surface area contributed by atoms with E-state index in [1.807, 2.05) is 37.3 Å². The number of carbonyl (C=O) groups is 1. The normalized spacial score (nSPS) is 13.8. The summed E-state index contributed by atoms with van der Waals surface area (Å²) in [7, 11) is -4.03. The van der Waals surface area contributed by atoms with Crippen molar-refractivity contribution >= 4 is 16.2 Å². The van der Waals surface area contributed by atoms with E-state index in [0.29, 0.717) is 0 Å². The summed E-state index contributed by atoms with van der Waals surface area (Å²) in [6, 6.07) is 14.9. The van der Waals surface area contributed by atoms with E-state index in [1.165, 1.54) is 18.2 Å². The molecule has 0 heterocycles. The van der Waals surface area contributed by atoms with Crippen molar-refractivity contribution < 1.29 is 26.9 Å². The Bertz CT molecular complexity index is 981. The third kappa shape index (κ3) is 8.45. The molecule has 8 heteroatoms. The Morgan fingerprint density at radius 1 is 1.09 bits per heavy atom. The van der Waals surface area contributed by atoms with E-state index in [9.17, 15) is 13.2 Å². The van der Waals surface area contributed by atoms with Crippen LogP contribution in [0.1, 0.15) is 31.9 Å². The molecule has 1 N–H and O–H groups in total. The number of alkyl carbamates (subject to hydrolysis) is 1. The molecule has 0 spiro atoms. The van der Waals surface area contributed by atoms with E-state index < -0.39 is 34.0 Å². The Morgan fingerprint density at radius 2 is 1.72 bits per heavy atom. The molecule has 2 aromatic rings. The van der Waals surface area contributed by atoms with Crippen LogP contribution in [-0.4, -0.2) is 38.9 Å². The standard InChI is InChI=1S/C24H31NO6S/c1-6-22(29-16-19-10-8-7-9-11-19)21(25-23(26)31-24(3,4)5)17-30-32(27,28)20-14-12-18(2)13-15-20/h6-15,21-22H,1,16-17H2,2-5H3,(H,25,26)/t21-,22-/m1/s1. The largest absolute Gasteiger partial charge is 0.444 e. The van der Waals surface area contributed by atoms with Gasteiger partial charge in [0.15, 0.2) is 0 Å². The fraction of sp³-hybridized carbons (Fsp3) is 0.375. The van der Waals surface area contributed by atoms with Gasteiger partial charge in [0, 0.05) is 0 Å². The average molecular weight is 462 g/mol. The summed E-state index contributed by atoms with van der Waals surface area (Å²) in [4.78, 5) is 12.4. The maximum atomic E-state index is 12.6. The van der Waals surface area contributed by atoms with Crippen LogP contribution in [0, 0.1) is 6.92 Å². The first-order valence-corrected chi connectivity index (χ1v) is 11.6. The minimum absolute atomic E-state index is 0.0273. The van der Waals surface area contributed by atoms with Crippen LogP contribution in [0.2, 0.25) is 0 Å². The zero-order valence-corrected chi connectivity index (χ0v) is 19.7. The predicted octanol–water partition coefficient (Wildman–Crippen LogP) is 4.37. The van der Waals surface area contributed by atoms with E-state index in [2.05, 4.69) is 11.9 Å². The van der Waals surface area contributed by atoms with Gasteiger partial charge in [0.2, 0.25) is 0 Å². The number of hydrogen-bond acceptors (Lipinski definition) is 6. The van der Waals surface area contributed by atoms with Crippen LogP contribution in [0.5, 0.6) is 0 Å². The molecule has 2 atom stereocenters. The number of benzene rings is 2. The SMILES string of the molecule is C=C[C@@H](OCc1ccccc1)[C@@H](COS(=O)(=O)c1ccc(C)cc1)NC(=O)OC(C)(C)C. The highest BCUT2D eigenvalue weighted by Gasteiger charge is 2.28. The van der Waals surface area contributed by atoms with Crippen LogP contribution in [0.3, 0.4) is 0 Å². The third-order valence-electron chi connectivity index (χ3n) is 4.33. The zero-order valence-electron chi connectivity index (χ0n) is 18.9. The van der Waals surface area contributed by atoms with Gasteiger partial charge in [0.25, 0.3) is 10.1 Å². The van der Waals surface area contributed by atoms with Gasteiger partial charge in [-0.3, -0.25) is 4.18 Å². The third-order valence-corrected chi connectivity index (χ3v) is 5.62. The van der Waals surface area contributed by atoms with Crippen molar-refractivity contribution in [3.63, 3.8) is 0 Å². The summed E-state index contributed by atoms with van der Waals surface area (Å²) < 4.78 is 41.7. The Labute approximate surface area is 190 Å². The molecule has 1 amide bonds. The molecule has 0 fully saturated rings. The first kappa shape index (κ1) is 25.6. The topological polar surface area (TPSA) is 90.9 Å². The number of rotatable bonds is 10. The van der Waals surface area contributed by atoms with Crippen molar-refractivity contribution in [2.45, 2.75) is 56.9 Å². The highest BCUT2D eigenvalue weighted by Crippen LogP contribution is 2.16. The zero-order chi connectivity index (χ0) is 23.8. The predicted molar refractivity (Wildman–Crippen MR) is 123 cm³/mol. The number of nitrogens with one attached hydrogen (secondary N) is 1. The van der Waals surface area contributed by atoms with Gasteiger partial charge >= 0.3 is 6.09 Å². The summed E-state index contributed by atoms with van der Waals surface area (Å²) in [5.41, 5.74) is 1.12. The van der Waals surface area contributed by atoms with Crippen LogP contribution in [0.4, 0.5) is 4.79 Å². The number of ether oxygens (including phenoxy) is 2. The highest BCUT2D eigenvalue weighted by atomic mass is 32.2. The van der Waals surface area contributed by atoms with E-state index in [0.717, 1.165) is 11.1 Å². The quantitative estimate of drug-likeness (QED) is 0.417. The Balaban J connectivity index is 2.15. The smallest absolute Gasteiger partial charge is 0.408 e. The summed E-state index contributed by atoms with van der Waals surface area (Å²) in [5, 5.41) is 2.65. The summed E-state index contributed by atoms with van der Waals surface area (Å²) >= 11 is 0. The molecule has 2 aromatic carbocycles. The number of carbonyl (C=O) groups excluding carboxylic acids is 1. The van der Waals surface area contributed by atoms with E-state index in [1.54, 1.807) is 32.9 Å². The molecule has 32 heavy (non-hydrogen) atoms. The molecule has 0 radical (unpaired) electrons. The number of hydrogen-bond donors (Lipinski definition) is 1. The van der Waals surface area contributed by atoms with E-state index >= 15 is 0 Å². The van der Waals surface area contributed by atoms with Gasteiger partial charge in [-0.15, -0.1) is 6.58 Å². The Hall–Kier alpha value is -2.68. The summed E-state index contributed by atoms with van der Waals surface area (Å²) in [6.45, 7) is 10.7. The highest BCUT2D eigenvalue weighted by molar-refractivity contribution is 7.86. The van der Waals surface area contributed by atoms with Crippen LogP contribution < -0.4 is 5.32 Å². The Kier molecular flexibility index (Phi) is 9.00. The lowest BCUT2D eigenvalue weighted by molar-refractivity contribution is 0.0179. The minimum Gasteiger partial charge on any atom is -0.444 e. The second kappa shape index (κ2) is 11.3. The fourth-order valence-electron chi connectivity index (χ4n) is 2.73. The molecule has 0 unspecified atom stereocenters. The van der Waals surface area contributed by atoms with Crippen molar-refractivity contribution in [3.8, 4) is 0 Å². The minimum atomic E-state index is -4.03. The maximum absolute atomic E-state index is 12.6. The van der Waals surface area contributed by atoms with Crippen LogP contribution in [0.25, 0.3) is 0 Å². The number of amides is 1.